The number of esters is 1. The summed E-state index contributed by atoms with van der Waals surface area (Å²) in [4.78, 5) is 36.2. The molecule has 0 saturated carbocycles. The van der Waals surface area contributed by atoms with Gasteiger partial charge in [-0.25, -0.2) is 24.4 Å². The van der Waals surface area contributed by atoms with Crippen LogP contribution in [0.25, 0.3) is 5.69 Å². The molecule has 28 heavy (non-hydrogen) atoms. The van der Waals surface area contributed by atoms with Crippen molar-refractivity contribution in [3.05, 3.63) is 52.8 Å². The standard InChI is InChI=1S/C16H12Cl2N6O3S/c1-28-16-20-5-10(18)14(23-16)15(26)27-6-13(25)22-11-4-9(17)2-3-12(11)24-8-19-7-21-24/h2-5,7-8H,6H2,1H3,(H,22,25). The number of hydrogen-bond donors (Lipinski definition) is 1. The van der Waals surface area contributed by atoms with Gasteiger partial charge in [-0.1, -0.05) is 35.0 Å². The highest BCUT2D eigenvalue weighted by molar-refractivity contribution is 7.98. The van der Waals surface area contributed by atoms with Gasteiger partial charge in [-0.3, -0.25) is 4.79 Å². The topological polar surface area (TPSA) is 112 Å². The van der Waals surface area contributed by atoms with Crippen LogP contribution < -0.4 is 5.32 Å². The highest BCUT2D eigenvalue weighted by Gasteiger charge is 2.18. The molecule has 12 heteroatoms. The average molecular weight is 439 g/mol. The summed E-state index contributed by atoms with van der Waals surface area (Å²) in [6.45, 7) is -0.545. The predicted octanol–water partition coefficient (Wildman–Crippen LogP) is 2.88. The van der Waals surface area contributed by atoms with Gasteiger partial charge in [0.15, 0.2) is 17.5 Å². The van der Waals surface area contributed by atoms with E-state index in [2.05, 4.69) is 25.4 Å². The molecule has 0 radical (unpaired) electrons. The second-order valence-corrected chi connectivity index (χ2v) is 6.80. The zero-order valence-electron chi connectivity index (χ0n) is 14.3. The second kappa shape index (κ2) is 9.00. The summed E-state index contributed by atoms with van der Waals surface area (Å²) in [6.07, 6.45) is 5.88. The maximum atomic E-state index is 12.2. The third-order valence-electron chi connectivity index (χ3n) is 3.33. The molecule has 1 aromatic carbocycles. The number of hydrogen-bond acceptors (Lipinski definition) is 8. The Kier molecular flexibility index (Phi) is 6.45. The van der Waals surface area contributed by atoms with Gasteiger partial charge < -0.3 is 10.1 Å². The summed E-state index contributed by atoms with van der Waals surface area (Å²) in [5.74, 6) is -1.41. The van der Waals surface area contributed by atoms with Crippen molar-refractivity contribution in [2.24, 2.45) is 0 Å². The lowest BCUT2D eigenvalue weighted by atomic mass is 10.2. The van der Waals surface area contributed by atoms with E-state index in [1.807, 2.05) is 0 Å². The lowest BCUT2D eigenvalue weighted by Crippen LogP contribution is -2.22. The molecule has 0 aliphatic rings. The van der Waals surface area contributed by atoms with Gasteiger partial charge in [0, 0.05) is 5.02 Å². The molecule has 0 bridgehead atoms. The Hall–Kier alpha value is -2.69. The highest BCUT2D eigenvalue weighted by Crippen LogP contribution is 2.24. The number of halogens is 2. The quantitative estimate of drug-likeness (QED) is 0.355. The van der Waals surface area contributed by atoms with Crippen molar-refractivity contribution in [1.82, 2.24) is 24.7 Å². The van der Waals surface area contributed by atoms with Gasteiger partial charge in [-0.15, -0.1) is 0 Å². The molecule has 0 atom stereocenters. The smallest absolute Gasteiger partial charge is 0.359 e. The first-order valence-corrected chi connectivity index (χ1v) is 9.64. The Bertz CT molecular complexity index is 1020. The summed E-state index contributed by atoms with van der Waals surface area (Å²) in [6, 6.07) is 4.86. The first kappa shape index (κ1) is 20.1. The first-order chi connectivity index (χ1) is 13.5. The Morgan fingerprint density at radius 2 is 2.14 bits per heavy atom. The van der Waals surface area contributed by atoms with E-state index in [9.17, 15) is 9.59 Å². The molecule has 2 aromatic heterocycles. The second-order valence-electron chi connectivity index (χ2n) is 5.18. The highest BCUT2D eigenvalue weighted by atomic mass is 35.5. The van der Waals surface area contributed by atoms with Crippen LogP contribution in [0.3, 0.4) is 0 Å². The number of benzene rings is 1. The normalized spacial score (nSPS) is 10.5. The monoisotopic (exact) mass is 438 g/mol. The fourth-order valence-electron chi connectivity index (χ4n) is 2.12. The minimum Gasteiger partial charge on any atom is -0.451 e. The molecule has 0 aliphatic heterocycles. The minimum atomic E-state index is -0.833. The van der Waals surface area contributed by atoms with Crippen LogP contribution in [0.4, 0.5) is 5.69 Å². The molecule has 0 fully saturated rings. The van der Waals surface area contributed by atoms with Gasteiger partial charge in [-0.2, -0.15) is 5.10 Å². The number of nitrogens with one attached hydrogen (secondary N) is 1. The Morgan fingerprint density at radius 3 is 2.86 bits per heavy atom. The first-order valence-electron chi connectivity index (χ1n) is 7.66. The van der Waals surface area contributed by atoms with E-state index in [0.717, 1.165) is 0 Å². The van der Waals surface area contributed by atoms with Crippen LogP contribution >= 0.6 is 35.0 Å². The Morgan fingerprint density at radius 1 is 1.32 bits per heavy atom. The van der Waals surface area contributed by atoms with Crippen molar-refractivity contribution in [1.29, 1.82) is 0 Å². The molecule has 9 nitrogen and oxygen atoms in total. The molecular formula is C16H12Cl2N6O3S. The predicted molar refractivity (Wildman–Crippen MR) is 104 cm³/mol. The van der Waals surface area contributed by atoms with E-state index >= 15 is 0 Å². The summed E-state index contributed by atoms with van der Waals surface area (Å²) < 4.78 is 6.46. The number of nitrogens with zero attached hydrogens (tertiary/aromatic N) is 5. The van der Waals surface area contributed by atoms with E-state index in [-0.39, 0.29) is 10.7 Å². The zero-order valence-corrected chi connectivity index (χ0v) is 16.6. The number of thioether (sulfide) groups is 1. The van der Waals surface area contributed by atoms with Gasteiger partial charge in [0.2, 0.25) is 0 Å². The van der Waals surface area contributed by atoms with Gasteiger partial charge in [0.1, 0.15) is 12.7 Å². The third kappa shape index (κ3) is 4.77. The maximum absolute atomic E-state index is 12.2. The zero-order chi connectivity index (χ0) is 20.1. The van der Waals surface area contributed by atoms with Crippen molar-refractivity contribution in [3.63, 3.8) is 0 Å². The number of rotatable bonds is 6. The third-order valence-corrected chi connectivity index (χ3v) is 4.40. The molecule has 2 heterocycles. The number of aromatic nitrogens is 5. The molecule has 3 aromatic rings. The van der Waals surface area contributed by atoms with Crippen LogP contribution in [0.1, 0.15) is 10.5 Å². The molecule has 0 saturated heterocycles. The minimum absolute atomic E-state index is 0.0338. The van der Waals surface area contributed by atoms with Crippen molar-refractivity contribution >= 4 is 52.5 Å². The number of carbonyl (C=O) groups is 2. The van der Waals surface area contributed by atoms with Crippen molar-refractivity contribution in [2.45, 2.75) is 5.16 Å². The maximum Gasteiger partial charge on any atom is 0.359 e. The van der Waals surface area contributed by atoms with Crippen LogP contribution in [0.15, 0.2) is 42.2 Å². The van der Waals surface area contributed by atoms with Gasteiger partial charge in [0.05, 0.1) is 22.6 Å². The molecule has 0 unspecified atom stereocenters. The lowest BCUT2D eigenvalue weighted by molar-refractivity contribution is -0.119. The fourth-order valence-corrected chi connectivity index (χ4v) is 2.80. The van der Waals surface area contributed by atoms with Crippen LogP contribution in [-0.2, 0) is 9.53 Å². The van der Waals surface area contributed by atoms with E-state index in [4.69, 9.17) is 27.9 Å². The van der Waals surface area contributed by atoms with Gasteiger partial charge >= 0.3 is 5.97 Å². The fraction of sp³-hybridized carbons (Fsp3) is 0.125. The number of anilines is 1. The summed E-state index contributed by atoms with van der Waals surface area (Å²) in [5, 5.41) is 7.45. The number of carbonyl (C=O) groups excluding carboxylic acids is 2. The van der Waals surface area contributed by atoms with Crippen LogP contribution in [0, 0.1) is 0 Å². The molecule has 3 rings (SSSR count). The molecule has 0 aliphatic carbocycles. The van der Waals surface area contributed by atoms with E-state index < -0.39 is 18.5 Å². The SMILES string of the molecule is CSc1ncc(Cl)c(C(=O)OCC(=O)Nc2cc(Cl)ccc2-n2cncn2)n1. The van der Waals surface area contributed by atoms with E-state index in [0.29, 0.717) is 21.6 Å². The lowest BCUT2D eigenvalue weighted by Gasteiger charge is -2.11. The van der Waals surface area contributed by atoms with Gasteiger partial charge in [0.25, 0.3) is 5.91 Å². The van der Waals surface area contributed by atoms with Gasteiger partial charge in [-0.05, 0) is 24.5 Å². The summed E-state index contributed by atoms with van der Waals surface area (Å²) >= 11 is 13.2. The summed E-state index contributed by atoms with van der Waals surface area (Å²) in [5.41, 5.74) is 0.814. The van der Waals surface area contributed by atoms with Crippen molar-refractivity contribution < 1.29 is 14.3 Å². The molecule has 1 N–H and O–H groups in total. The molecule has 1 amide bonds. The van der Waals surface area contributed by atoms with Crippen LogP contribution in [0.2, 0.25) is 10.0 Å². The largest absolute Gasteiger partial charge is 0.451 e. The molecular weight excluding hydrogens is 427 g/mol. The van der Waals surface area contributed by atoms with E-state index in [1.165, 1.54) is 35.3 Å². The Balaban J connectivity index is 1.68. The molecule has 0 spiro atoms. The Labute approximate surface area is 173 Å². The summed E-state index contributed by atoms with van der Waals surface area (Å²) in [7, 11) is 0. The number of ether oxygens (including phenoxy) is 1. The van der Waals surface area contributed by atoms with Crippen molar-refractivity contribution in [2.75, 3.05) is 18.2 Å². The van der Waals surface area contributed by atoms with Crippen molar-refractivity contribution in [3.8, 4) is 5.69 Å². The average Bonchev–Trinajstić information content (AvgIpc) is 3.21. The number of amides is 1. The van der Waals surface area contributed by atoms with Crippen LogP contribution in [-0.4, -0.2) is 49.5 Å². The molecule has 144 valence electrons. The van der Waals surface area contributed by atoms with Crippen LogP contribution in [0.5, 0.6) is 0 Å². The van der Waals surface area contributed by atoms with E-state index in [1.54, 1.807) is 24.5 Å².